The van der Waals surface area contributed by atoms with Gasteiger partial charge in [0.15, 0.2) is 5.54 Å². The Balaban J connectivity index is 2.03. The number of carbonyl (C=O) groups is 1. The Morgan fingerprint density at radius 2 is 2.33 bits per heavy atom. The average Bonchev–Trinajstić information content (AvgIpc) is 3.10. The van der Waals surface area contributed by atoms with Gasteiger partial charge in [-0.1, -0.05) is 0 Å². The van der Waals surface area contributed by atoms with Crippen molar-refractivity contribution in [2.45, 2.75) is 24.4 Å². The molecule has 1 fully saturated rings. The summed E-state index contributed by atoms with van der Waals surface area (Å²) in [5, 5.41) is 12.8. The van der Waals surface area contributed by atoms with Gasteiger partial charge in [0.05, 0.1) is 7.11 Å². The first-order chi connectivity index (χ1) is 8.65. The molecule has 18 heavy (non-hydrogen) atoms. The molecule has 0 spiro atoms. The van der Waals surface area contributed by atoms with Crippen LogP contribution in [-0.2, 0) is 15.1 Å². The van der Waals surface area contributed by atoms with Crippen LogP contribution in [0.1, 0.15) is 18.4 Å². The standard InChI is InChI=1S/C13H15NO4/c1-17-12(16)13(14-8-2-3-8)7-18-11-6-9(15)4-5-10(11)13/h4-6,8,14-15H,2-3,7H2,1H3. The number of esters is 1. The number of fused-ring (bicyclic) bond motifs is 1. The second-order valence-electron chi connectivity index (χ2n) is 4.78. The molecule has 1 atom stereocenters. The molecule has 1 aromatic rings. The zero-order chi connectivity index (χ0) is 12.8. The van der Waals surface area contributed by atoms with Gasteiger partial charge in [-0.3, -0.25) is 5.32 Å². The third-order valence-electron chi connectivity index (χ3n) is 3.43. The number of nitrogens with one attached hydrogen (secondary N) is 1. The van der Waals surface area contributed by atoms with E-state index in [1.54, 1.807) is 12.1 Å². The highest BCUT2D eigenvalue weighted by molar-refractivity contribution is 5.85. The highest BCUT2D eigenvalue weighted by atomic mass is 16.5. The molecular formula is C13H15NO4. The summed E-state index contributed by atoms with van der Waals surface area (Å²) in [7, 11) is 1.37. The maximum atomic E-state index is 12.1. The fourth-order valence-electron chi connectivity index (χ4n) is 2.34. The van der Waals surface area contributed by atoms with Crippen LogP contribution in [0.15, 0.2) is 18.2 Å². The number of ether oxygens (including phenoxy) is 2. The van der Waals surface area contributed by atoms with E-state index in [0.717, 1.165) is 18.4 Å². The van der Waals surface area contributed by atoms with Gasteiger partial charge in [0, 0.05) is 17.7 Å². The fourth-order valence-corrected chi connectivity index (χ4v) is 2.34. The molecule has 96 valence electrons. The summed E-state index contributed by atoms with van der Waals surface area (Å²) in [6.45, 7) is 0.203. The summed E-state index contributed by atoms with van der Waals surface area (Å²) in [5.41, 5.74) is -0.196. The molecule has 1 aromatic carbocycles. The van der Waals surface area contributed by atoms with Crippen molar-refractivity contribution < 1.29 is 19.4 Å². The minimum absolute atomic E-state index is 0.126. The molecule has 0 saturated heterocycles. The average molecular weight is 249 g/mol. The van der Waals surface area contributed by atoms with Crippen molar-refractivity contribution >= 4 is 5.97 Å². The quantitative estimate of drug-likeness (QED) is 0.779. The van der Waals surface area contributed by atoms with E-state index in [9.17, 15) is 9.90 Å². The summed E-state index contributed by atoms with van der Waals surface area (Å²) in [6.07, 6.45) is 2.12. The van der Waals surface area contributed by atoms with Crippen molar-refractivity contribution in [2.75, 3.05) is 13.7 Å². The monoisotopic (exact) mass is 249 g/mol. The van der Waals surface area contributed by atoms with Crippen LogP contribution in [-0.4, -0.2) is 30.8 Å². The fraction of sp³-hybridized carbons (Fsp3) is 0.462. The van der Waals surface area contributed by atoms with E-state index in [0.29, 0.717) is 11.8 Å². The summed E-state index contributed by atoms with van der Waals surface area (Å²) in [5.74, 6) is 0.313. The molecule has 0 amide bonds. The number of phenolic OH excluding ortho intramolecular Hbond substituents is 1. The molecule has 1 saturated carbocycles. The summed E-state index contributed by atoms with van der Waals surface area (Å²) in [4.78, 5) is 12.1. The molecule has 2 N–H and O–H groups in total. The maximum Gasteiger partial charge on any atom is 0.334 e. The van der Waals surface area contributed by atoms with Crippen LogP contribution in [0.4, 0.5) is 0 Å². The van der Waals surface area contributed by atoms with Crippen molar-refractivity contribution in [1.29, 1.82) is 0 Å². The minimum atomic E-state index is -0.932. The first-order valence-electron chi connectivity index (χ1n) is 5.98. The molecule has 1 heterocycles. The van der Waals surface area contributed by atoms with E-state index in [4.69, 9.17) is 9.47 Å². The molecule has 0 bridgehead atoms. The maximum absolute atomic E-state index is 12.1. The number of methoxy groups -OCH3 is 1. The number of aromatic hydroxyl groups is 1. The highest BCUT2D eigenvalue weighted by Crippen LogP contribution is 2.41. The molecular weight excluding hydrogens is 234 g/mol. The van der Waals surface area contributed by atoms with Gasteiger partial charge in [-0.15, -0.1) is 0 Å². The zero-order valence-electron chi connectivity index (χ0n) is 10.1. The Kier molecular flexibility index (Phi) is 2.45. The van der Waals surface area contributed by atoms with Crippen LogP contribution in [0, 0.1) is 0 Å². The van der Waals surface area contributed by atoms with Gasteiger partial charge in [0.25, 0.3) is 0 Å². The second kappa shape index (κ2) is 3.88. The number of carbonyl (C=O) groups excluding carboxylic acids is 1. The Bertz CT molecular complexity index is 498. The largest absolute Gasteiger partial charge is 0.508 e. The lowest BCUT2D eigenvalue weighted by atomic mass is 9.91. The van der Waals surface area contributed by atoms with Gasteiger partial charge in [-0.2, -0.15) is 0 Å². The Labute approximate surface area is 105 Å². The van der Waals surface area contributed by atoms with Crippen LogP contribution < -0.4 is 10.1 Å². The van der Waals surface area contributed by atoms with Gasteiger partial charge in [0.1, 0.15) is 18.1 Å². The van der Waals surface area contributed by atoms with Crippen molar-refractivity contribution in [1.82, 2.24) is 5.32 Å². The molecule has 3 rings (SSSR count). The van der Waals surface area contributed by atoms with Gasteiger partial charge in [-0.05, 0) is 25.0 Å². The zero-order valence-corrected chi connectivity index (χ0v) is 10.1. The predicted octanol–water partition coefficient (Wildman–Crippen LogP) is 0.905. The lowest BCUT2D eigenvalue weighted by molar-refractivity contribution is -0.149. The lowest BCUT2D eigenvalue weighted by Crippen LogP contribution is -2.52. The normalized spacial score (nSPS) is 25.4. The van der Waals surface area contributed by atoms with Crippen LogP contribution in [0.2, 0.25) is 0 Å². The van der Waals surface area contributed by atoms with E-state index < -0.39 is 5.54 Å². The predicted molar refractivity (Wildman–Crippen MR) is 63.5 cm³/mol. The Morgan fingerprint density at radius 3 is 3.00 bits per heavy atom. The number of rotatable bonds is 3. The lowest BCUT2D eigenvalue weighted by Gasteiger charge is -2.26. The van der Waals surface area contributed by atoms with Crippen LogP contribution in [0.3, 0.4) is 0 Å². The minimum Gasteiger partial charge on any atom is -0.508 e. The molecule has 0 aromatic heterocycles. The van der Waals surface area contributed by atoms with E-state index in [2.05, 4.69) is 5.32 Å². The second-order valence-corrected chi connectivity index (χ2v) is 4.78. The smallest absolute Gasteiger partial charge is 0.334 e. The number of phenols is 1. The molecule has 2 aliphatic rings. The topological polar surface area (TPSA) is 67.8 Å². The summed E-state index contributed by atoms with van der Waals surface area (Å²) < 4.78 is 10.4. The number of benzene rings is 1. The van der Waals surface area contributed by atoms with E-state index in [1.165, 1.54) is 13.2 Å². The van der Waals surface area contributed by atoms with E-state index in [1.807, 2.05) is 0 Å². The molecule has 1 unspecified atom stereocenters. The molecule has 1 aliphatic heterocycles. The van der Waals surface area contributed by atoms with Crippen LogP contribution in [0.5, 0.6) is 11.5 Å². The van der Waals surface area contributed by atoms with Crippen molar-refractivity contribution in [3.05, 3.63) is 23.8 Å². The van der Waals surface area contributed by atoms with Crippen LogP contribution in [0.25, 0.3) is 0 Å². The van der Waals surface area contributed by atoms with Gasteiger partial charge < -0.3 is 14.6 Å². The summed E-state index contributed by atoms with van der Waals surface area (Å²) in [6, 6.07) is 5.13. The van der Waals surface area contributed by atoms with Gasteiger partial charge in [-0.25, -0.2) is 4.79 Å². The van der Waals surface area contributed by atoms with Gasteiger partial charge in [0.2, 0.25) is 0 Å². The molecule has 5 nitrogen and oxygen atoms in total. The van der Waals surface area contributed by atoms with Gasteiger partial charge >= 0.3 is 5.97 Å². The number of hydrogen-bond acceptors (Lipinski definition) is 5. The Hall–Kier alpha value is -1.75. The first kappa shape index (κ1) is 11.3. The third kappa shape index (κ3) is 1.62. The molecule has 1 aliphatic carbocycles. The third-order valence-corrected chi connectivity index (χ3v) is 3.43. The summed E-state index contributed by atoms with van der Waals surface area (Å²) >= 11 is 0. The SMILES string of the molecule is COC(=O)C1(NC2CC2)COc2cc(O)ccc21. The van der Waals surface area contributed by atoms with Crippen LogP contribution >= 0.6 is 0 Å². The molecule has 5 heteroatoms. The highest BCUT2D eigenvalue weighted by Gasteiger charge is 2.51. The molecule has 0 radical (unpaired) electrons. The van der Waals surface area contributed by atoms with Crippen molar-refractivity contribution in [3.63, 3.8) is 0 Å². The van der Waals surface area contributed by atoms with E-state index in [-0.39, 0.29) is 18.3 Å². The first-order valence-corrected chi connectivity index (χ1v) is 5.98. The van der Waals surface area contributed by atoms with Crippen molar-refractivity contribution in [2.24, 2.45) is 0 Å². The Morgan fingerprint density at radius 1 is 1.56 bits per heavy atom. The van der Waals surface area contributed by atoms with Crippen molar-refractivity contribution in [3.8, 4) is 11.5 Å². The number of hydrogen-bond donors (Lipinski definition) is 2. The van der Waals surface area contributed by atoms with E-state index >= 15 is 0 Å².